The van der Waals surface area contributed by atoms with Gasteiger partial charge in [-0.25, -0.2) is 12.8 Å². The van der Waals surface area contributed by atoms with Gasteiger partial charge in [-0.15, -0.1) is 0 Å². The van der Waals surface area contributed by atoms with Crippen LogP contribution in [-0.2, 0) is 21.3 Å². The van der Waals surface area contributed by atoms with E-state index in [0.29, 0.717) is 16.7 Å². The largest absolute Gasteiger partial charge is 0.339 e. The van der Waals surface area contributed by atoms with Gasteiger partial charge in [0.05, 0.1) is 11.5 Å². The number of hydrogen-bond donors (Lipinski definition) is 0. The Morgan fingerprint density at radius 1 is 0.960 bits per heavy atom. The van der Waals surface area contributed by atoms with E-state index < -0.39 is 15.7 Å². The molecule has 0 N–H and O–H groups in total. The number of hydrogen-bond acceptors (Lipinski definition) is 3. The first-order valence-electron chi connectivity index (χ1n) is 8.26. The smallest absolute Gasteiger partial charge is 0.253 e. The summed E-state index contributed by atoms with van der Waals surface area (Å²) in [6.45, 7) is 1.56. The van der Waals surface area contributed by atoms with Crippen molar-refractivity contribution in [3.8, 4) is 0 Å². The van der Waals surface area contributed by atoms with Crippen LogP contribution in [-0.4, -0.2) is 32.3 Å². The van der Waals surface area contributed by atoms with Crippen molar-refractivity contribution in [2.45, 2.75) is 24.3 Å². The van der Waals surface area contributed by atoms with Gasteiger partial charge in [0, 0.05) is 18.7 Å². The molecule has 0 bridgehead atoms. The van der Waals surface area contributed by atoms with Crippen LogP contribution in [0.3, 0.4) is 0 Å². The molecule has 4 nitrogen and oxygen atoms in total. The minimum absolute atomic E-state index is 0.00771. The minimum atomic E-state index is -3.42. The van der Waals surface area contributed by atoms with Crippen molar-refractivity contribution in [3.05, 3.63) is 71.0 Å². The Kier molecular flexibility index (Phi) is 5.18. The van der Waals surface area contributed by atoms with Crippen molar-refractivity contribution in [3.63, 3.8) is 0 Å². The lowest BCUT2D eigenvalue weighted by atomic mass is 10.1. The minimum Gasteiger partial charge on any atom is -0.339 e. The molecular formula is C19H20FNO3S. The molecule has 0 saturated carbocycles. The highest BCUT2D eigenvalue weighted by atomic mass is 32.2. The summed E-state index contributed by atoms with van der Waals surface area (Å²) in [5.41, 5.74) is 1.63. The summed E-state index contributed by atoms with van der Waals surface area (Å²) in [6, 6.07) is 12.3. The van der Waals surface area contributed by atoms with Gasteiger partial charge in [0.15, 0.2) is 9.84 Å². The molecule has 6 heteroatoms. The highest BCUT2D eigenvalue weighted by Gasteiger charge is 2.20. The maximum atomic E-state index is 13.2. The maximum absolute atomic E-state index is 13.2. The Hall–Kier alpha value is -2.21. The fraction of sp³-hybridized carbons (Fsp3) is 0.316. The second-order valence-electron chi connectivity index (χ2n) is 6.36. The maximum Gasteiger partial charge on any atom is 0.253 e. The molecule has 0 atom stereocenters. The Morgan fingerprint density at radius 3 is 2.24 bits per heavy atom. The molecule has 1 fully saturated rings. The van der Waals surface area contributed by atoms with Crippen LogP contribution in [0, 0.1) is 5.82 Å². The lowest BCUT2D eigenvalue weighted by Gasteiger charge is -2.15. The third kappa shape index (κ3) is 4.66. The monoisotopic (exact) mass is 361 g/mol. The molecule has 0 radical (unpaired) electrons. The quantitative estimate of drug-likeness (QED) is 0.822. The van der Waals surface area contributed by atoms with E-state index in [9.17, 15) is 17.6 Å². The molecule has 1 aliphatic heterocycles. The molecule has 2 aromatic rings. The zero-order valence-corrected chi connectivity index (χ0v) is 14.6. The lowest BCUT2D eigenvalue weighted by Crippen LogP contribution is -2.27. The number of halogens is 1. The van der Waals surface area contributed by atoms with E-state index in [1.165, 1.54) is 18.2 Å². The molecule has 1 amide bonds. The van der Waals surface area contributed by atoms with Crippen LogP contribution < -0.4 is 0 Å². The van der Waals surface area contributed by atoms with Crippen molar-refractivity contribution >= 4 is 15.7 Å². The fourth-order valence-corrected chi connectivity index (χ4v) is 4.52. The number of rotatable bonds is 5. The van der Waals surface area contributed by atoms with E-state index in [2.05, 4.69) is 0 Å². The molecule has 1 saturated heterocycles. The SMILES string of the molecule is O=C(c1ccc(CS(=O)(=O)Cc2cccc(F)c2)cc1)N1CCCC1. The topological polar surface area (TPSA) is 54.5 Å². The van der Waals surface area contributed by atoms with Crippen molar-refractivity contribution in [2.75, 3.05) is 13.1 Å². The van der Waals surface area contributed by atoms with Crippen molar-refractivity contribution < 1.29 is 17.6 Å². The summed E-state index contributed by atoms with van der Waals surface area (Å²) in [5, 5.41) is 0. The van der Waals surface area contributed by atoms with Crippen molar-refractivity contribution in [2.24, 2.45) is 0 Å². The molecular weight excluding hydrogens is 341 g/mol. The van der Waals surface area contributed by atoms with Gasteiger partial charge in [0.1, 0.15) is 5.82 Å². The first kappa shape index (κ1) is 17.6. The standard InChI is InChI=1S/C19H20FNO3S/c20-18-5-3-4-16(12-18)14-25(23,24)13-15-6-8-17(9-7-15)19(22)21-10-1-2-11-21/h3-9,12H,1-2,10-11,13-14H2. The summed E-state index contributed by atoms with van der Waals surface area (Å²) in [4.78, 5) is 14.1. The number of nitrogens with zero attached hydrogens (tertiary/aromatic N) is 1. The Bertz CT molecular complexity index is 856. The van der Waals surface area contributed by atoms with E-state index in [1.807, 2.05) is 4.90 Å². The third-order valence-corrected chi connectivity index (χ3v) is 5.80. The van der Waals surface area contributed by atoms with Crippen LogP contribution in [0.15, 0.2) is 48.5 Å². The van der Waals surface area contributed by atoms with Crippen LogP contribution in [0.1, 0.15) is 34.3 Å². The zero-order valence-electron chi connectivity index (χ0n) is 13.8. The zero-order chi connectivity index (χ0) is 17.9. The second kappa shape index (κ2) is 7.35. The molecule has 25 heavy (non-hydrogen) atoms. The normalized spacial score (nSPS) is 14.7. The van der Waals surface area contributed by atoms with Crippen molar-refractivity contribution in [1.29, 1.82) is 0 Å². The Morgan fingerprint density at radius 2 is 1.60 bits per heavy atom. The van der Waals surface area contributed by atoms with Gasteiger partial charge in [-0.2, -0.15) is 0 Å². The summed E-state index contributed by atoms with van der Waals surface area (Å²) in [7, 11) is -3.42. The highest BCUT2D eigenvalue weighted by Crippen LogP contribution is 2.16. The molecule has 1 aliphatic rings. The Balaban J connectivity index is 1.67. The lowest BCUT2D eigenvalue weighted by molar-refractivity contribution is 0.0793. The van der Waals surface area contributed by atoms with Crippen LogP contribution in [0.2, 0.25) is 0 Å². The van der Waals surface area contributed by atoms with Crippen LogP contribution in [0.25, 0.3) is 0 Å². The number of likely N-dealkylation sites (tertiary alicyclic amines) is 1. The molecule has 132 valence electrons. The first-order chi connectivity index (χ1) is 11.9. The average molecular weight is 361 g/mol. The number of benzene rings is 2. The number of carbonyl (C=O) groups is 1. The van der Waals surface area contributed by atoms with Gasteiger partial charge in [0.25, 0.3) is 5.91 Å². The summed E-state index contributed by atoms with van der Waals surface area (Å²) >= 11 is 0. The molecule has 2 aromatic carbocycles. The van der Waals surface area contributed by atoms with E-state index in [-0.39, 0.29) is 17.4 Å². The summed E-state index contributed by atoms with van der Waals surface area (Å²) in [5.74, 6) is -0.801. The summed E-state index contributed by atoms with van der Waals surface area (Å²) in [6.07, 6.45) is 2.06. The van der Waals surface area contributed by atoms with Gasteiger partial charge in [-0.1, -0.05) is 24.3 Å². The third-order valence-electron chi connectivity index (χ3n) is 4.26. The predicted octanol–water partition coefficient (Wildman–Crippen LogP) is 3.18. The van der Waals surface area contributed by atoms with Crippen molar-refractivity contribution in [1.82, 2.24) is 4.90 Å². The van der Waals surface area contributed by atoms with Crippen LogP contribution >= 0.6 is 0 Å². The van der Waals surface area contributed by atoms with E-state index in [1.54, 1.807) is 30.3 Å². The van der Waals surface area contributed by atoms with Gasteiger partial charge >= 0.3 is 0 Å². The van der Waals surface area contributed by atoms with E-state index in [0.717, 1.165) is 25.9 Å². The molecule has 3 rings (SSSR count). The molecule has 0 aromatic heterocycles. The van der Waals surface area contributed by atoms with Gasteiger partial charge in [-0.3, -0.25) is 4.79 Å². The van der Waals surface area contributed by atoms with Crippen LogP contribution in [0.4, 0.5) is 4.39 Å². The molecule has 0 aliphatic carbocycles. The fourth-order valence-electron chi connectivity index (χ4n) is 3.03. The number of amides is 1. The number of sulfone groups is 1. The van der Waals surface area contributed by atoms with E-state index in [4.69, 9.17) is 0 Å². The van der Waals surface area contributed by atoms with E-state index >= 15 is 0 Å². The van der Waals surface area contributed by atoms with Gasteiger partial charge in [0.2, 0.25) is 0 Å². The second-order valence-corrected chi connectivity index (χ2v) is 8.42. The predicted molar refractivity (Wildman–Crippen MR) is 94.3 cm³/mol. The molecule has 0 unspecified atom stereocenters. The van der Waals surface area contributed by atoms with Crippen LogP contribution in [0.5, 0.6) is 0 Å². The summed E-state index contributed by atoms with van der Waals surface area (Å²) < 4.78 is 37.8. The first-order valence-corrected chi connectivity index (χ1v) is 10.1. The van der Waals surface area contributed by atoms with Gasteiger partial charge < -0.3 is 4.90 Å². The molecule has 1 heterocycles. The average Bonchev–Trinajstić information content (AvgIpc) is 3.08. The number of carbonyl (C=O) groups excluding carboxylic acids is 1. The van der Waals surface area contributed by atoms with Gasteiger partial charge in [-0.05, 0) is 48.2 Å². The Labute approximate surface area is 147 Å². The molecule has 0 spiro atoms. The highest BCUT2D eigenvalue weighted by molar-refractivity contribution is 7.89.